The molecule has 1 aromatic carbocycles. The Morgan fingerprint density at radius 1 is 1.03 bits per heavy atom. The van der Waals surface area contributed by atoms with Crippen LogP contribution >= 0.6 is 0 Å². The number of hydrogen-bond donors (Lipinski definition) is 2. The van der Waals surface area contributed by atoms with E-state index < -0.39 is 11.7 Å². The summed E-state index contributed by atoms with van der Waals surface area (Å²) in [6, 6.07) is 7.11. The van der Waals surface area contributed by atoms with Gasteiger partial charge in [-0.2, -0.15) is 33.2 Å². The molecule has 184 valence electrons. The lowest BCUT2D eigenvalue weighted by Gasteiger charge is -2.21. The van der Waals surface area contributed by atoms with Gasteiger partial charge in [-0.25, -0.2) is 0 Å². The molecule has 0 amide bonds. The first-order valence-corrected chi connectivity index (χ1v) is 11.7. The van der Waals surface area contributed by atoms with Gasteiger partial charge in [0.05, 0.1) is 5.56 Å². The minimum Gasteiger partial charge on any atom is -0.339 e. The zero-order valence-electron chi connectivity index (χ0n) is 19.4. The fourth-order valence-corrected chi connectivity index (χ4v) is 4.01. The Balaban J connectivity index is 1.43. The minimum atomic E-state index is -4.40. The minimum absolute atomic E-state index is 0.338. The maximum Gasteiger partial charge on any atom is 0.416 e. The van der Waals surface area contributed by atoms with Crippen LogP contribution in [0.3, 0.4) is 0 Å². The summed E-state index contributed by atoms with van der Waals surface area (Å²) in [5, 5.41) is 10.5. The van der Waals surface area contributed by atoms with E-state index in [1.54, 1.807) is 18.2 Å². The van der Waals surface area contributed by atoms with Crippen molar-refractivity contribution in [2.75, 3.05) is 43.4 Å². The van der Waals surface area contributed by atoms with Crippen molar-refractivity contribution in [2.45, 2.75) is 31.4 Å². The first kappa shape index (κ1) is 23.3. The zero-order valence-corrected chi connectivity index (χ0v) is 19.4. The van der Waals surface area contributed by atoms with Crippen molar-refractivity contribution >= 4 is 29.9 Å². The summed E-state index contributed by atoms with van der Waals surface area (Å²) in [5.41, 5.74) is 0.799. The number of likely N-dealkylation sites (N-methyl/N-ethyl adjacent to an activating group) is 1. The number of hydrogen-bond acceptors (Lipinski definition) is 7. The van der Waals surface area contributed by atoms with E-state index in [-0.39, 0.29) is 0 Å². The number of rotatable bonds is 6. The number of benzene rings is 1. The molecule has 2 aliphatic rings. The lowest BCUT2D eigenvalue weighted by atomic mass is 10.1. The lowest BCUT2D eigenvalue weighted by Crippen LogP contribution is -2.30. The second kappa shape index (κ2) is 9.65. The Hall–Kier alpha value is -3.47. The first-order chi connectivity index (χ1) is 16.8. The molecule has 2 aromatic heterocycles. The molecule has 2 N–H and O–H groups in total. The first-order valence-electron chi connectivity index (χ1n) is 11.7. The molecule has 0 unspecified atom stereocenters. The van der Waals surface area contributed by atoms with Crippen molar-refractivity contribution in [3.05, 3.63) is 53.0 Å². The number of aromatic nitrogens is 5. The molecule has 0 spiro atoms. The molecule has 2 fully saturated rings. The number of aromatic amines is 1. The Bertz CT molecular complexity index is 1200. The summed E-state index contributed by atoms with van der Waals surface area (Å²) in [6.07, 6.45) is 2.08. The fourth-order valence-electron chi connectivity index (χ4n) is 4.01. The average molecular weight is 485 g/mol. The monoisotopic (exact) mass is 484 g/mol. The van der Waals surface area contributed by atoms with E-state index in [1.165, 1.54) is 6.07 Å². The molecular formula is C24H27F3N8. The summed E-state index contributed by atoms with van der Waals surface area (Å²) in [7, 11) is 2.09. The lowest BCUT2D eigenvalue weighted by molar-refractivity contribution is -0.137. The Kier molecular flexibility index (Phi) is 6.42. The molecule has 1 aliphatic carbocycles. The van der Waals surface area contributed by atoms with Gasteiger partial charge in [0, 0.05) is 37.3 Å². The molecular weight excluding hydrogens is 457 g/mol. The third kappa shape index (κ3) is 5.97. The Morgan fingerprint density at radius 3 is 2.69 bits per heavy atom. The fraction of sp³-hybridized carbons (Fsp3) is 0.417. The maximum atomic E-state index is 13.1. The summed E-state index contributed by atoms with van der Waals surface area (Å²) in [5.74, 6) is 2.37. The highest BCUT2D eigenvalue weighted by molar-refractivity contribution is 5.68. The molecule has 5 rings (SSSR count). The highest BCUT2D eigenvalue weighted by atomic mass is 19.4. The molecule has 35 heavy (non-hydrogen) atoms. The molecule has 0 atom stereocenters. The predicted molar refractivity (Wildman–Crippen MR) is 128 cm³/mol. The van der Waals surface area contributed by atoms with Crippen LogP contribution in [-0.2, 0) is 6.18 Å². The molecule has 0 bridgehead atoms. The van der Waals surface area contributed by atoms with E-state index in [0.29, 0.717) is 35.0 Å². The Morgan fingerprint density at radius 2 is 1.89 bits per heavy atom. The smallest absolute Gasteiger partial charge is 0.339 e. The van der Waals surface area contributed by atoms with Gasteiger partial charge in [-0.15, -0.1) is 0 Å². The van der Waals surface area contributed by atoms with Crippen LogP contribution in [0.2, 0.25) is 0 Å². The van der Waals surface area contributed by atoms with Gasteiger partial charge in [-0.05, 0) is 56.6 Å². The van der Waals surface area contributed by atoms with Crippen LogP contribution in [0.15, 0.2) is 30.3 Å². The van der Waals surface area contributed by atoms with Crippen LogP contribution in [0.4, 0.5) is 30.9 Å². The van der Waals surface area contributed by atoms with Crippen molar-refractivity contribution in [1.29, 1.82) is 0 Å². The molecule has 3 heterocycles. The second-order valence-corrected chi connectivity index (χ2v) is 9.03. The quantitative estimate of drug-likeness (QED) is 0.531. The standard InChI is InChI=1S/C24H27F3N8/c1-34-10-3-11-35(13-12-34)23-30-20(9-6-16-4-2-5-18(14-16)24(25,26)27)28-22(31-23)29-21-15-19(32-33-21)17-7-8-17/h2,4-6,9,14-15,17H,3,7-8,10-13H2,1H3,(H2,28,29,30,31,32,33)/b9-6+. The van der Waals surface area contributed by atoms with Gasteiger partial charge in [-0.1, -0.05) is 18.2 Å². The normalized spacial score (nSPS) is 17.7. The van der Waals surface area contributed by atoms with Crippen molar-refractivity contribution in [1.82, 2.24) is 30.0 Å². The molecule has 11 heteroatoms. The van der Waals surface area contributed by atoms with Gasteiger partial charge in [0.1, 0.15) is 0 Å². The zero-order chi connectivity index (χ0) is 24.4. The highest BCUT2D eigenvalue weighted by Crippen LogP contribution is 2.39. The summed E-state index contributed by atoms with van der Waals surface area (Å²) < 4.78 is 39.2. The van der Waals surface area contributed by atoms with E-state index in [1.807, 2.05) is 6.07 Å². The van der Waals surface area contributed by atoms with Crippen LogP contribution in [0.1, 0.15) is 47.8 Å². The molecule has 8 nitrogen and oxygen atoms in total. The SMILES string of the molecule is CN1CCCN(c2nc(/C=C/c3cccc(C(F)(F)F)c3)nc(Nc3cc(C4CC4)[nH]n3)n2)CC1. The van der Waals surface area contributed by atoms with Crippen molar-refractivity contribution in [3.63, 3.8) is 0 Å². The van der Waals surface area contributed by atoms with Crippen molar-refractivity contribution < 1.29 is 13.2 Å². The van der Waals surface area contributed by atoms with Crippen LogP contribution in [0.25, 0.3) is 12.2 Å². The van der Waals surface area contributed by atoms with Gasteiger partial charge in [-0.3, -0.25) is 5.10 Å². The van der Waals surface area contributed by atoms with Gasteiger partial charge in [0.15, 0.2) is 11.6 Å². The predicted octanol–water partition coefficient (Wildman–Crippen LogP) is 4.55. The summed E-state index contributed by atoms with van der Waals surface area (Å²) in [4.78, 5) is 18.1. The molecule has 1 saturated carbocycles. The summed E-state index contributed by atoms with van der Waals surface area (Å²) >= 11 is 0. The van der Waals surface area contributed by atoms with Crippen LogP contribution in [0, 0.1) is 0 Å². The van der Waals surface area contributed by atoms with Crippen LogP contribution in [0.5, 0.6) is 0 Å². The van der Waals surface area contributed by atoms with Crippen LogP contribution in [-0.4, -0.2) is 63.3 Å². The number of alkyl halides is 3. The van der Waals surface area contributed by atoms with E-state index in [4.69, 9.17) is 0 Å². The van der Waals surface area contributed by atoms with Gasteiger partial charge in [0.25, 0.3) is 0 Å². The number of H-pyrrole nitrogens is 1. The van der Waals surface area contributed by atoms with E-state index in [0.717, 1.165) is 63.3 Å². The van der Waals surface area contributed by atoms with Gasteiger partial charge < -0.3 is 15.1 Å². The van der Waals surface area contributed by atoms with Crippen molar-refractivity contribution in [3.8, 4) is 0 Å². The summed E-state index contributed by atoms with van der Waals surface area (Å²) in [6.45, 7) is 3.45. The number of nitrogens with one attached hydrogen (secondary N) is 2. The Labute approximate surface area is 201 Å². The number of nitrogens with zero attached hydrogens (tertiary/aromatic N) is 6. The highest BCUT2D eigenvalue weighted by Gasteiger charge is 2.30. The number of halogens is 3. The van der Waals surface area contributed by atoms with Gasteiger partial charge >= 0.3 is 6.18 Å². The van der Waals surface area contributed by atoms with E-state index in [9.17, 15) is 13.2 Å². The number of anilines is 3. The third-order valence-corrected chi connectivity index (χ3v) is 6.14. The third-order valence-electron chi connectivity index (χ3n) is 6.14. The molecule has 1 aliphatic heterocycles. The van der Waals surface area contributed by atoms with E-state index >= 15 is 0 Å². The average Bonchev–Trinajstić information content (AvgIpc) is 3.61. The molecule has 1 saturated heterocycles. The van der Waals surface area contributed by atoms with Crippen molar-refractivity contribution in [2.24, 2.45) is 0 Å². The maximum absolute atomic E-state index is 13.1. The molecule has 3 aromatic rings. The topological polar surface area (TPSA) is 85.9 Å². The second-order valence-electron chi connectivity index (χ2n) is 9.03. The molecule has 0 radical (unpaired) electrons. The van der Waals surface area contributed by atoms with E-state index in [2.05, 4.69) is 47.3 Å². The van der Waals surface area contributed by atoms with Gasteiger partial charge in [0.2, 0.25) is 11.9 Å². The largest absolute Gasteiger partial charge is 0.416 e. The van der Waals surface area contributed by atoms with Crippen LogP contribution < -0.4 is 10.2 Å².